The smallest absolute Gasteiger partial charge is 0.0912 e. The molecule has 1 aromatic carbocycles. The highest BCUT2D eigenvalue weighted by Gasteiger charge is 2.15. The molecule has 1 atom stereocenters. The fraction of sp³-hybridized carbons (Fsp3) is 0.500. The number of aliphatic hydroxyl groups excluding tert-OH is 1. The first-order valence-corrected chi connectivity index (χ1v) is 4.93. The van der Waals surface area contributed by atoms with Crippen LogP contribution in [-0.4, -0.2) is 11.7 Å². The average molecular weight is 193 g/mol. The molecule has 2 nitrogen and oxygen atoms in total. The molecule has 0 heterocycles. The average Bonchev–Trinajstić information content (AvgIpc) is 2.15. The first-order chi connectivity index (χ1) is 6.45. The minimum atomic E-state index is -0.544. The second kappa shape index (κ2) is 4.11. The number of aliphatic hydroxyl groups is 1. The minimum Gasteiger partial charge on any atom is -0.387 e. The zero-order chi connectivity index (χ0) is 10.8. The van der Waals surface area contributed by atoms with Crippen molar-refractivity contribution in [1.29, 1.82) is 0 Å². The summed E-state index contributed by atoms with van der Waals surface area (Å²) in [6.07, 6.45) is -0.544. The third-order valence-corrected chi connectivity index (χ3v) is 2.36. The molecule has 0 saturated carbocycles. The SMILES string of the molecule is CC(C)(C)c1cccc([C@@H](O)CN)c1. The second-order valence-corrected chi connectivity index (χ2v) is 4.63. The van der Waals surface area contributed by atoms with E-state index in [0.29, 0.717) is 0 Å². The van der Waals surface area contributed by atoms with Crippen molar-refractivity contribution in [3.8, 4) is 0 Å². The van der Waals surface area contributed by atoms with Crippen LogP contribution in [-0.2, 0) is 5.41 Å². The Morgan fingerprint density at radius 3 is 2.50 bits per heavy atom. The molecule has 0 unspecified atom stereocenters. The van der Waals surface area contributed by atoms with Crippen molar-refractivity contribution >= 4 is 0 Å². The van der Waals surface area contributed by atoms with Gasteiger partial charge in [0, 0.05) is 6.54 Å². The van der Waals surface area contributed by atoms with Gasteiger partial charge >= 0.3 is 0 Å². The molecule has 0 fully saturated rings. The van der Waals surface area contributed by atoms with E-state index in [2.05, 4.69) is 26.8 Å². The summed E-state index contributed by atoms with van der Waals surface area (Å²) in [5.41, 5.74) is 7.66. The summed E-state index contributed by atoms with van der Waals surface area (Å²) in [6, 6.07) is 7.98. The third-order valence-electron chi connectivity index (χ3n) is 2.36. The Kier molecular flexibility index (Phi) is 3.29. The number of rotatable bonds is 2. The maximum Gasteiger partial charge on any atom is 0.0912 e. The van der Waals surface area contributed by atoms with Crippen LogP contribution in [0.3, 0.4) is 0 Å². The highest BCUT2D eigenvalue weighted by Crippen LogP contribution is 2.24. The molecule has 14 heavy (non-hydrogen) atoms. The highest BCUT2D eigenvalue weighted by atomic mass is 16.3. The first-order valence-electron chi connectivity index (χ1n) is 4.93. The van der Waals surface area contributed by atoms with E-state index in [9.17, 15) is 5.11 Å². The van der Waals surface area contributed by atoms with E-state index in [1.165, 1.54) is 5.56 Å². The van der Waals surface area contributed by atoms with Crippen LogP contribution in [0.5, 0.6) is 0 Å². The van der Waals surface area contributed by atoms with E-state index in [1.54, 1.807) is 0 Å². The van der Waals surface area contributed by atoms with Crippen molar-refractivity contribution in [2.75, 3.05) is 6.54 Å². The van der Waals surface area contributed by atoms with Gasteiger partial charge in [0.2, 0.25) is 0 Å². The van der Waals surface area contributed by atoms with Crippen LogP contribution >= 0.6 is 0 Å². The molecule has 0 aliphatic carbocycles. The molecule has 1 rings (SSSR count). The van der Waals surface area contributed by atoms with E-state index < -0.39 is 6.10 Å². The lowest BCUT2D eigenvalue weighted by atomic mass is 9.86. The topological polar surface area (TPSA) is 46.2 Å². The number of nitrogens with two attached hydrogens (primary N) is 1. The molecule has 0 saturated heterocycles. The molecule has 0 amide bonds. The quantitative estimate of drug-likeness (QED) is 0.754. The van der Waals surface area contributed by atoms with E-state index in [0.717, 1.165) is 5.56 Å². The predicted molar refractivity (Wildman–Crippen MR) is 59.2 cm³/mol. The Morgan fingerprint density at radius 2 is 2.00 bits per heavy atom. The molecule has 78 valence electrons. The van der Waals surface area contributed by atoms with Crippen LogP contribution in [0, 0.1) is 0 Å². The largest absolute Gasteiger partial charge is 0.387 e. The molecular weight excluding hydrogens is 174 g/mol. The van der Waals surface area contributed by atoms with Crippen molar-refractivity contribution in [2.45, 2.75) is 32.3 Å². The van der Waals surface area contributed by atoms with Crippen molar-refractivity contribution in [3.63, 3.8) is 0 Å². The first kappa shape index (κ1) is 11.2. The van der Waals surface area contributed by atoms with Crippen LogP contribution < -0.4 is 5.73 Å². The van der Waals surface area contributed by atoms with E-state index in [4.69, 9.17) is 5.73 Å². The molecule has 0 spiro atoms. The molecular formula is C12H19NO. The fourth-order valence-corrected chi connectivity index (χ4v) is 1.35. The van der Waals surface area contributed by atoms with Crippen molar-refractivity contribution < 1.29 is 5.11 Å². The van der Waals surface area contributed by atoms with Crippen molar-refractivity contribution in [2.24, 2.45) is 5.73 Å². The van der Waals surface area contributed by atoms with Gasteiger partial charge in [0.25, 0.3) is 0 Å². The molecule has 0 radical (unpaired) electrons. The fourth-order valence-electron chi connectivity index (χ4n) is 1.35. The van der Waals surface area contributed by atoms with Crippen molar-refractivity contribution in [3.05, 3.63) is 35.4 Å². The Labute approximate surface area is 85.8 Å². The molecule has 1 aromatic rings. The number of hydrogen-bond donors (Lipinski definition) is 2. The second-order valence-electron chi connectivity index (χ2n) is 4.63. The predicted octanol–water partition coefficient (Wildman–Crippen LogP) is 1.98. The summed E-state index contributed by atoms with van der Waals surface area (Å²) < 4.78 is 0. The van der Waals surface area contributed by atoms with Crippen LogP contribution in [0.4, 0.5) is 0 Å². The van der Waals surface area contributed by atoms with Crippen LogP contribution in [0.25, 0.3) is 0 Å². The molecule has 3 N–H and O–H groups in total. The van der Waals surface area contributed by atoms with Gasteiger partial charge in [0.05, 0.1) is 6.10 Å². The van der Waals surface area contributed by atoms with Gasteiger partial charge in [-0.3, -0.25) is 0 Å². The molecule has 2 heteroatoms. The Balaban J connectivity index is 3.01. The van der Waals surface area contributed by atoms with E-state index in [1.807, 2.05) is 18.2 Å². The summed E-state index contributed by atoms with van der Waals surface area (Å²) >= 11 is 0. The maximum absolute atomic E-state index is 9.59. The lowest BCUT2D eigenvalue weighted by Gasteiger charge is -2.20. The van der Waals surface area contributed by atoms with Crippen LogP contribution in [0.1, 0.15) is 38.0 Å². The normalized spacial score (nSPS) is 14.1. The zero-order valence-electron chi connectivity index (χ0n) is 9.12. The molecule has 0 aliphatic heterocycles. The molecule has 0 aliphatic rings. The van der Waals surface area contributed by atoms with Gasteiger partial charge in [-0.05, 0) is 16.5 Å². The summed E-state index contributed by atoms with van der Waals surface area (Å²) in [6.45, 7) is 6.73. The summed E-state index contributed by atoms with van der Waals surface area (Å²) in [4.78, 5) is 0. The number of benzene rings is 1. The Bertz CT molecular complexity index is 301. The van der Waals surface area contributed by atoms with Gasteiger partial charge in [0.15, 0.2) is 0 Å². The summed E-state index contributed by atoms with van der Waals surface area (Å²) in [5.74, 6) is 0. The molecule has 0 aromatic heterocycles. The highest BCUT2D eigenvalue weighted by molar-refractivity contribution is 5.29. The van der Waals surface area contributed by atoms with E-state index >= 15 is 0 Å². The van der Waals surface area contributed by atoms with Gasteiger partial charge in [-0.15, -0.1) is 0 Å². The van der Waals surface area contributed by atoms with Gasteiger partial charge in [-0.2, -0.15) is 0 Å². The maximum atomic E-state index is 9.59. The van der Waals surface area contributed by atoms with Crippen LogP contribution in [0.15, 0.2) is 24.3 Å². The molecule has 0 bridgehead atoms. The lowest BCUT2D eigenvalue weighted by Crippen LogP contribution is -2.15. The zero-order valence-corrected chi connectivity index (χ0v) is 9.12. The Hall–Kier alpha value is -0.860. The summed E-state index contributed by atoms with van der Waals surface area (Å²) in [7, 11) is 0. The summed E-state index contributed by atoms with van der Waals surface area (Å²) in [5, 5.41) is 9.59. The van der Waals surface area contributed by atoms with Gasteiger partial charge in [0.1, 0.15) is 0 Å². The van der Waals surface area contributed by atoms with Crippen LogP contribution in [0.2, 0.25) is 0 Å². The minimum absolute atomic E-state index is 0.115. The third kappa shape index (κ3) is 2.56. The van der Waals surface area contributed by atoms with Crippen molar-refractivity contribution in [1.82, 2.24) is 0 Å². The monoisotopic (exact) mass is 193 g/mol. The van der Waals surface area contributed by atoms with E-state index in [-0.39, 0.29) is 12.0 Å². The standard InChI is InChI=1S/C12H19NO/c1-12(2,3)10-6-4-5-9(7-10)11(14)8-13/h4-7,11,14H,8,13H2,1-3H3/t11-/m0/s1. The van der Waals surface area contributed by atoms with Gasteiger partial charge < -0.3 is 10.8 Å². The van der Waals surface area contributed by atoms with Gasteiger partial charge in [-0.25, -0.2) is 0 Å². The number of hydrogen-bond acceptors (Lipinski definition) is 2. The lowest BCUT2D eigenvalue weighted by molar-refractivity contribution is 0.186. The van der Waals surface area contributed by atoms with Gasteiger partial charge in [-0.1, -0.05) is 45.0 Å². The Morgan fingerprint density at radius 1 is 1.36 bits per heavy atom.